The average molecular weight is 413 g/mol. The van der Waals surface area contributed by atoms with Crippen LogP contribution in [0.5, 0.6) is 0 Å². The van der Waals surface area contributed by atoms with Gasteiger partial charge in [-0.15, -0.1) is 5.10 Å². The second-order valence-electron chi connectivity index (χ2n) is 7.47. The SMILES string of the molecule is N#Cc1ccccc1-c1ccc(N)c(N(C(=O)Nc2cccnn2)C2CCCCC2)n1. The first kappa shape index (κ1) is 20.3. The van der Waals surface area contributed by atoms with Gasteiger partial charge in [0.05, 0.1) is 23.0 Å². The third-order valence-electron chi connectivity index (χ3n) is 5.42. The molecular weight excluding hydrogens is 390 g/mol. The molecule has 31 heavy (non-hydrogen) atoms. The van der Waals surface area contributed by atoms with Gasteiger partial charge >= 0.3 is 6.03 Å². The van der Waals surface area contributed by atoms with E-state index < -0.39 is 0 Å². The number of pyridine rings is 1. The van der Waals surface area contributed by atoms with E-state index in [-0.39, 0.29) is 12.1 Å². The monoisotopic (exact) mass is 413 g/mol. The van der Waals surface area contributed by atoms with Crippen LogP contribution in [0.15, 0.2) is 54.7 Å². The van der Waals surface area contributed by atoms with Crippen LogP contribution < -0.4 is 16.0 Å². The van der Waals surface area contributed by atoms with E-state index in [1.54, 1.807) is 41.4 Å². The van der Waals surface area contributed by atoms with Crippen LogP contribution in [0.2, 0.25) is 0 Å². The molecule has 0 unspecified atom stereocenters. The second kappa shape index (κ2) is 9.22. The Morgan fingerprint density at radius 3 is 2.65 bits per heavy atom. The summed E-state index contributed by atoms with van der Waals surface area (Å²) >= 11 is 0. The molecule has 8 nitrogen and oxygen atoms in total. The van der Waals surface area contributed by atoms with Gasteiger partial charge in [-0.25, -0.2) is 9.78 Å². The fourth-order valence-corrected chi connectivity index (χ4v) is 3.92. The first-order chi connectivity index (χ1) is 15.2. The van der Waals surface area contributed by atoms with Crippen LogP contribution in [0.25, 0.3) is 11.3 Å². The quantitative estimate of drug-likeness (QED) is 0.655. The Labute approximate surface area is 180 Å². The van der Waals surface area contributed by atoms with Crippen molar-refractivity contribution in [3.8, 4) is 17.3 Å². The van der Waals surface area contributed by atoms with Gasteiger partial charge < -0.3 is 5.73 Å². The van der Waals surface area contributed by atoms with Gasteiger partial charge in [-0.2, -0.15) is 10.4 Å². The number of nitriles is 1. The number of hydrogen-bond donors (Lipinski definition) is 2. The standard InChI is InChI=1S/C23H23N7O/c24-15-16-7-4-5-10-18(16)20-13-12-19(25)22(27-20)30(17-8-2-1-3-9-17)23(31)28-21-11-6-14-26-29-21/h4-7,10-14,17H,1-3,8-9,25H2,(H,28,29,31). The van der Waals surface area contributed by atoms with E-state index in [2.05, 4.69) is 21.6 Å². The molecule has 0 spiro atoms. The fraction of sp³-hybridized carbons (Fsp3) is 0.261. The largest absolute Gasteiger partial charge is 0.396 e. The van der Waals surface area contributed by atoms with Crippen LogP contribution in [0.1, 0.15) is 37.7 Å². The lowest BCUT2D eigenvalue weighted by Gasteiger charge is -2.34. The number of carbonyl (C=O) groups excluding carboxylic acids is 1. The zero-order valence-corrected chi connectivity index (χ0v) is 17.0. The lowest BCUT2D eigenvalue weighted by Crippen LogP contribution is -2.45. The highest BCUT2D eigenvalue weighted by Crippen LogP contribution is 2.33. The molecule has 2 aromatic heterocycles. The predicted molar refractivity (Wildman–Crippen MR) is 119 cm³/mol. The third kappa shape index (κ3) is 4.46. The number of benzene rings is 1. The molecule has 156 valence electrons. The number of amides is 2. The summed E-state index contributed by atoms with van der Waals surface area (Å²) in [5.41, 5.74) is 8.50. The fourth-order valence-electron chi connectivity index (χ4n) is 3.92. The number of urea groups is 1. The number of nitrogens with zero attached hydrogens (tertiary/aromatic N) is 5. The second-order valence-corrected chi connectivity index (χ2v) is 7.47. The molecule has 2 heterocycles. The van der Waals surface area contributed by atoms with Gasteiger partial charge in [0.25, 0.3) is 0 Å². The molecule has 0 radical (unpaired) electrons. The van der Waals surface area contributed by atoms with Crippen molar-refractivity contribution in [2.75, 3.05) is 16.0 Å². The van der Waals surface area contributed by atoms with Crippen LogP contribution in [0, 0.1) is 11.3 Å². The zero-order valence-electron chi connectivity index (χ0n) is 17.0. The van der Waals surface area contributed by atoms with Gasteiger partial charge in [-0.1, -0.05) is 37.5 Å². The molecule has 1 aliphatic carbocycles. The maximum Gasteiger partial charge on any atom is 0.329 e. The van der Waals surface area contributed by atoms with E-state index in [4.69, 9.17) is 10.7 Å². The maximum absolute atomic E-state index is 13.3. The summed E-state index contributed by atoms with van der Waals surface area (Å²) in [6, 6.07) is 16.0. The highest BCUT2D eigenvalue weighted by atomic mass is 16.2. The van der Waals surface area contributed by atoms with Gasteiger partial charge in [-0.05, 0) is 43.2 Å². The summed E-state index contributed by atoms with van der Waals surface area (Å²) in [7, 11) is 0. The summed E-state index contributed by atoms with van der Waals surface area (Å²) in [6.45, 7) is 0. The van der Waals surface area contributed by atoms with Gasteiger partial charge in [0, 0.05) is 17.8 Å². The summed E-state index contributed by atoms with van der Waals surface area (Å²) in [4.78, 5) is 19.7. The molecular formula is C23H23N7O. The molecule has 3 N–H and O–H groups in total. The van der Waals surface area contributed by atoms with Gasteiger partial charge in [-0.3, -0.25) is 10.2 Å². The summed E-state index contributed by atoms with van der Waals surface area (Å²) in [5, 5.41) is 20.1. The number of carbonyl (C=O) groups is 1. The van der Waals surface area contributed by atoms with Crippen molar-refractivity contribution < 1.29 is 4.79 Å². The molecule has 0 atom stereocenters. The molecule has 1 saturated carbocycles. The van der Waals surface area contributed by atoms with Crippen LogP contribution in [0.3, 0.4) is 0 Å². The van der Waals surface area contributed by atoms with E-state index in [1.807, 2.05) is 18.2 Å². The lowest BCUT2D eigenvalue weighted by atomic mass is 9.94. The highest BCUT2D eigenvalue weighted by Gasteiger charge is 2.30. The molecule has 1 aliphatic rings. The van der Waals surface area contributed by atoms with Crippen molar-refractivity contribution >= 4 is 23.4 Å². The maximum atomic E-state index is 13.3. The molecule has 4 rings (SSSR count). The van der Waals surface area contributed by atoms with Gasteiger partial charge in [0.2, 0.25) is 0 Å². The van der Waals surface area contributed by atoms with E-state index in [9.17, 15) is 10.1 Å². The molecule has 0 saturated heterocycles. The number of nitrogen functional groups attached to an aromatic ring is 1. The molecule has 3 aromatic rings. The van der Waals surface area contributed by atoms with Gasteiger partial charge in [0.1, 0.15) is 0 Å². The number of anilines is 3. The predicted octanol–water partition coefficient (Wildman–Crippen LogP) is 4.36. The Bertz CT molecular complexity index is 1100. The number of nitrogens with two attached hydrogens (primary N) is 1. The Hall–Kier alpha value is -3.99. The van der Waals surface area contributed by atoms with Crippen molar-refractivity contribution in [3.63, 3.8) is 0 Å². The van der Waals surface area contributed by atoms with E-state index in [0.717, 1.165) is 32.1 Å². The minimum absolute atomic E-state index is 0.0262. The van der Waals surface area contributed by atoms with Crippen molar-refractivity contribution in [3.05, 3.63) is 60.3 Å². The van der Waals surface area contributed by atoms with Crippen LogP contribution >= 0.6 is 0 Å². The van der Waals surface area contributed by atoms with Crippen LogP contribution in [0.4, 0.5) is 22.1 Å². The van der Waals surface area contributed by atoms with E-state index in [1.165, 1.54) is 0 Å². The van der Waals surface area contributed by atoms with Crippen molar-refractivity contribution in [1.82, 2.24) is 15.2 Å². The molecule has 0 aliphatic heterocycles. The molecule has 8 heteroatoms. The molecule has 2 amide bonds. The summed E-state index contributed by atoms with van der Waals surface area (Å²) in [6.07, 6.45) is 6.51. The van der Waals surface area contributed by atoms with Crippen molar-refractivity contribution in [2.45, 2.75) is 38.1 Å². The zero-order chi connectivity index (χ0) is 21.6. The lowest BCUT2D eigenvalue weighted by molar-refractivity contribution is 0.252. The first-order valence-corrected chi connectivity index (χ1v) is 10.3. The number of nitrogens with one attached hydrogen (secondary N) is 1. The normalized spacial score (nSPS) is 13.9. The summed E-state index contributed by atoms with van der Waals surface area (Å²) in [5.74, 6) is 0.747. The third-order valence-corrected chi connectivity index (χ3v) is 5.42. The summed E-state index contributed by atoms with van der Waals surface area (Å²) < 4.78 is 0. The first-order valence-electron chi connectivity index (χ1n) is 10.3. The van der Waals surface area contributed by atoms with Crippen LogP contribution in [-0.4, -0.2) is 27.3 Å². The minimum atomic E-state index is -0.350. The number of rotatable bonds is 4. The topological polar surface area (TPSA) is 121 Å². The molecule has 1 fully saturated rings. The number of hydrogen-bond acceptors (Lipinski definition) is 6. The Morgan fingerprint density at radius 1 is 1.10 bits per heavy atom. The average Bonchev–Trinajstić information content (AvgIpc) is 2.82. The highest BCUT2D eigenvalue weighted by molar-refractivity contribution is 6.03. The smallest absolute Gasteiger partial charge is 0.329 e. The van der Waals surface area contributed by atoms with E-state index in [0.29, 0.717) is 34.1 Å². The molecule has 0 bridgehead atoms. The van der Waals surface area contributed by atoms with Crippen molar-refractivity contribution in [1.29, 1.82) is 5.26 Å². The Morgan fingerprint density at radius 2 is 1.90 bits per heavy atom. The molecule has 1 aromatic carbocycles. The van der Waals surface area contributed by atoms with Crippen LogP contribution in [-0.2, 0) is 0 Å². The Balaban J connectivity index is 1.75. The number of aromatic nitrogens is 3. The van der Waals surface area contributed by atoms with Gasteiger partial charge in [0.15, 0.2) is 11.6 Å². The van der Waals surface area contributed by atoms with Crippen molar-refractivity contribution in [2.24, 2.45) is 0 Å². The minimum Gasteiger partial charge on any atom is -0.396 e. The Kier molecular flexibility index (Phi) is 6.03. The van der Waals surface area contributed by atoms with E-state index >= 15 is 0 Å².